The monoisotopic (exact) mass is 421 g/mol. The van der Waals surface area contributed by atoms with E-state index < -0.39 is 10.0 Å². The molecule has 0 aliphatic carbocycles. The third-order valence-corrected chi connectivity index (χ3v) is 5.13. The largest absolute Gasteiger partial charge is 0.497 e. The number of hydrogen-bond acceptors (Lipinski definition) is 5. The standard InChI is InChI=1S/C20H23N3O3S.ClH/c1-26-16-10-8-15(9-11-16)19-14-20(17-6-2-3-7-18(17)23-19)22-12-4-5-13-27(21,24)25;/h2-3,6-11,14H,4-5,12-13H2,1H3,(H,22,23)(H2,21,24,25);1H. The maximum atomic E-state index is 11.0. The number of sulfonamides is 1. The first-order valence-electron chi connectivity index (χ1n) is 8.75. The highest BCUT2D eigenvalue weighted by Gasteiger charge is 2.08. The van der Waals surface area contributed by atoms with Crippen LogP contribution in [0.1, 0.15) is 12.8 Å². The lowest BCUT2D eigenvalue weighted by Crippen LogP contribution is -2.17. The summed E-state index contributed by atoms with van der Waals surface area (Å²) in [4.78, 5) is 4.76. The van der Waals surface area contributed by atoms with Gasteiger partial charge in [-0.05, 0) is 49.2 Å². The molecule has 8 heteroatoms. The van der Waals surface area contributed by atoms with Crippen molar-refractivity contribution in [3.05, 3.63) is 54.6 Å². The van der Waals surface area contributed by atoms with Gasteiger partial charge < -0.3 is 10.1 Å². The van der Waals surface area contributed by atoms with Crippen molar-refractivity contribution in [3.8, 4) is 17.0 Å². The van der Waals surface area contributed by atoms with Gasteiger partial charge in [0.1, 0.15) is 5.75 Å². The fraction of sp³-hybridized carbons (Fsp3) is 0.250. The van der Waals surface area contributed by atoms with Crippen molar-refractivity contribution in [2.45, 2.75) is 12.8 Å². The van der Waals surface area contributed by atoms with Crippen molar-refractivity contribution in [1.82, 2.24) is 4.98 Å². The van der Waals surface area contributed by atoms with Gasteiger partial charge in [-0.3, -0.25) is 0 Å². The number of pyridine rings is 1. The first kappa shape index (κ1) is 21.9. The maximum Gasteiger partial charge on any atom is 0.209 e. The zero-order valence-electron chi connectivity index (χ0n) is 15.6. The summed E-state index contributed by atoms with van der Waals surface area (Å²) in [5, 5.41) is 9.48. The molecule has 0 aliphatic heterocycles. The number of benzene rings is 2. The molecular formula is C20H24ClN3O3S. The fourth-order valence-electron chi connectivity index (χ4n) is 2.88. The van der Waals surface area contributed by atoms with Gasteiger partial charge in [-0.1, -0.05) is 18.2 Å². The number of nitrogens with two attached hydrogens (primary N) is 1. The molecule has 150 valence electrons. The predicted octanol–water partition coefficient (Wildman–Crippen LogP) is 3.81. The topological polar surface area (TPSA) is 94.3 Å². The summed E-state index contributed by atoms with van der Waals surface area (Å²) in [6.07, 6.45) is 1.24. The van der Waals surface area contributed by atoms with E-state index in [1.807, 2.05) is 54.6 Å². The molecular weight excluding hydrogens is 398 g/mol. The van der Waals surface area contributed by atoms with E-state index in [-0.39, 0.29) is 18.2 Å². The van der Waals surface area contributed by atoms with Crippen LogP contribution in [-0.4, -0.2) is 32.8 Å². The quantitative estimate of drug-likeness (QED) is 0.539. The van der Waals surface area contributed by atoms with E-state index in [9.17, 15) is 8.42 Å². The molecule has 0 spiro atoms. The third-order valence-electron chi connectivity index (χ3n) is 4.27. The number of rotatable bonds is 8. The van der Waals surface area contributed by atoms with Crippen LogP contribution in [-0.2, 0) is 10.0 Å². The summed E-state index contributed by atoms with van der Waals surface area (Å²) in [5.41, 5.74) is 3.74. The van der Waals surface area contributed by atoms with Crippen molar-refractivity contribution in [2.24, 2.45) is 5.14 Å². The van der Waals surface area contributed by atoms with E-state index in [1.54, 1.807) is 7.11 Å². The lowest BCUT2D eigenvalue weighted by atomic mass is 10.1. The normalized spacial score (nSPS) is 11.1. The van der Waals surface area contributed by atoms with Gasteiger partial charge in [0.25, 0.3) is 0 Å². The Labute approximate surface area is 171 Å². The van der Waals surface area contributed by atoms with E-state index in [1.165, 1.54) is 0 Å². The molecule has 0 aliphatic rings. The fourth-order valence-corrected chi connectivity index (χ4v) is 3.49. The second kappa shape index (κ2) is 9.73. The Kier molecular flexibility index (Phi) is 7.62. The molecule has 0 fully saturated rings. The molecule has 28 heavy (non-hydrogen) atoms. The van der Waals surface area contributed by atoms with Gasteiger partial charge in [-0.15, -0.1) is 12.4 Å². The molecule has 2 aromatic carbocycles. The summed E-state index contributed by atoms with van der Waals surface area (Å²) < 4.78 is 27.3. The van der Waals surface area contributed by atoms with Crippen molar-refractivity contribution >= 4 is 39.0 Å². The minimum Gasteiger partial charge on any atom is -0.497 e. The van der Waals surface area contributed by atoms with Gasteiger partial charge in [-0.25, -0.2) is 18.5 Å². The number of methoxy groups -OCH3 is 1. The van der Waals surface area contributed by atoms with Crippen LogP contribution in [0.5, 0.6) is 5.75 Å². The lowest BCUT2D eigenvalue weighted by molar-refractivity contribution is 0.415. The van der Waals surface area contributed by atoms with Gasteiger partial charge in [0, 0.05) is 23.2 Å². The molecule has 0 bridgehead atoms. The van der Waals surface area contributed by atoms with Crippen molar-refractivity contribution in [2.75, 3.05) is 24.7 Å². The molecule has 1 aromatic heterocycles. The summed E-state index contributed by atoms with van der Waals surface area (Å²) in [6.45, 7) is 0.658. The molecule has 0 saturated heterocycles. The van der Waals surface area contributed by atoms with Crippen LogP contribution in [0.25, 0.3) is 22.2 Å². The number of aromatic nitrogens is 1. The number of unbranched alkanes of at least 4 members (excludes halogenated alkanes) is 1. The van der Waals surface area contributed by atoms with E-state index in [0.29, 0.717) is 19.4 Å². The molecule has 1 heterocycles. The summed E-state index contributed by atoms with van der Waals surface area (Å²) in [5.74, 6) is 0.802. The Balaban J connectivity index is 0.00000280. The number of halogens is 1. The predicted molar refractivity (Wildman–Crippen MR) is 117 cm³/mol. The Morgan fingerprint density at radius 2 is 1.79 bits per heavy atom. The van der Waals surface area contributed by atoms with Gasteiger partial charge in [0.15, 0.2) is 0 Å². The number of nitrogens with one attached hydrogen (secondary N) is 1. The van der Waals surface area contributed by atoms with Gasteiger partial charge >= 0.3 is 0 Å². The van der Waals surface area contributed by atoms with Gasteiger partial charge in [0.2, 0.25) is 10.0 Å². The first-order chi connectivity index (χ1) is 13.0. The number of nitrogens with zero attached hydrogens (tertiary/aromatic N) is 1. The number of anilines is 1. The number of hydrogen-bond donors (Lipinski definition) is 2. The average Bonchev–Trinajstić information content (AvgIpc) is 2.66. The Bertz CT molecular complexity index is 1020. The zero-order chi connectivity index (χ0) is 19.3. The van der Waals surface area contributed by atoms with Crippen LogP contribution in [0.4, 0.5) is 5.69 Å². The molecule has 0 saturated carbocycles. The molecule has 0 radical (unpaired) electrons. The number of primary sulfonamides is 1. The zero-order valence-corrected chi connectivity index (χ0v) is 17.2. The second-order valence-corrected chi connectivity index (χ2v) is 8.04. The third kappa shape index (κ3) is 5.82. The molecule has 3 N–H and O–H groups in total. The van der Waals surface area contributed by atoms with Gasteiger partial charge in [-0.2, -0.15) is 0 Å². The van der Waals surface area contributed by atoms with Crippen molar-refractivity contribution in [3.63, 3.8) is 0 Å². The molecule has 0 amide bonds. The van der Waals surface area contributed by atoms with Crippen LogP contribution in [0.2, 0.25) is 0 Å². The first-order valence-corrected chi connectivity index (χ1v) is 10.5. The molecule has 6 nitrogen and oxygen atoms in total. The number of fused-ring (bicyclic) bond motifs is 1. The van der Waals surface area contributed by atoms with Crippen LogP contribution in [0.15, 0.2) is 54.6 Å². The maximum absolute atomic E-state index is 11.0. The van der Waals surface area contributed by atoms with Crippen LogP contribution in [0.3, 0.4) is 0 Å². The number of para-hydroxylation sites is 1. The minimum absolute atomic E-state index is 0. The molecule has 3 rings (SSSR count). The minimum atomic E-state index is -3.40. The average molecular weight is 422 g/mol. The Hall–Kier alpha value is -2.35. The van der Waals surface area contributed by atoms with Crippen LogP contribution >= 0.6 is 12.4 Å². The van der Waals surface area contributed by atoms with E-state index in [0.717, 1.165) is 33.6 Å². The molecule has 3 aromatic rings. The summed E-state index contributed by atoms with van der Waals surface area (Å²) >= 11 is 0. The van der Waals surface area contributed by atoms with Crippen molar-refractivity contribution < 1.29 is 13.2 Å². The molecule has 0 unspecified atom stereocenters. The second-order valence-electron chi connectivity index (χ2n) is 6.30. The van der Waals surface area contributed by atoms with Gasteiger partial charge in [0.05, 0.1) is 24.1 Å². The highest BCUT2D eigenvalue weighted by Crippen LogP contribution is 2.29. The Morgan fingerprint density at radius 3 is 2.46 bits per heavy atom. The van der Waals surface area contributed by atoms with Crippen LogP contribution in [0, 0.1) is 0 Å². The van der Waals surface area contributed by atoms with E-state index in [4.69, 9.17) is 14.9 Å². The van der Waals surface area contributed by atoms with Crippen molar-refractivity contribution in [1.29, 1.82) is 0 Å². The summed E-state index contributed by atoms with van der Waals surface area (Å²) in [6, 6.07) is 17.7. The highest BCUT2D eigenvalue weighted by atomic mass is 35.5. The lowest BCUT2D eigenvalue weighted by Gasteiger charge is -2.12. The Morgan fingerprint density at radius 1 is 1.07 bits per heavy atom. The highest BCUT2D eigenvalue weighted by molar-refractivity contribution is 7.89. The molecule has 0 atom stereocenters. The van der Waals surface area contributed by atoms with E-state index in [2.05, 4.69) is 5.32 Å². The summed E-state index contributed by atoms with van der Waals surface area (Å²) in [7, 11) is -1.76. The van der Waals surface area contributed by atoms with Crippen LogP contribution < -0.4 is 15.2 Å². The number of ether oxygens (including phenoxy) is 1. The van der Waals surface area contributed by atoms with E-state index >= 15 is 0 Å². The SMILES string of the molecule is COc1ccc(-c2cc(NCCCCS(N)(=O)=O)c3ccccc3n2)cc1.Cl. The smallest absolute Gasteiger partial charge is 0.209 e.